The van der Waals surface area contributed by atoms with Gasteiger partial charge < -0.3 is 14.8 Å². The van der Waals surface area contributed by atoms with Gasteiger partial charge in [0.1, 0.15) is 17.5 Å². The summed E-state index contributed by atoms with van der Waals surface area (Å²) >= 11 is 6.04. The number of nitrogens with one attached hydrogen (secondary N) is 2. The van der Waals surface area contributed by atoms with Gasteiger partial charge in [0, 0.05) is 6.54 Å². The zero-order chi connectivity index (χ0) is 14.7. The van der Waals surface area contributed by atoms with E-state index in [1.54, 1.807) is 0 Å². The first-order valence-electron chi connectivity index (χ1n) is 6.57. The van der Waals surface area contributed by atoms with Crippen LogP contribution in [0, 0.1) is 0 Å². The second-order valence-electron chi connectivity index (χ2n) is 4.63. The lowest BCUT2D eigenvalue weighted by molar-refractivity contribution is 0.0472. The Balaban J connectivity index is 1.56. The molecule has 0 aromatic carbocycles. The highest BCUT2D eigenvalue weighted by atomic mass is 35.5. The number of aromatic amines is 1. The molecule has 2 atom stereocenters. The van der Waals surface area contributed by atoms with Crippen LogP contribution in [0.3, 0.4) is 0 Å². The molecule has 2 N–H and O–H groups in total. The number of rotatable bonds is 5. The minimum atomic E-state index is -0.0327. The Hall–Kier alpha value is -1.93. The molecule has 0 amide bonds. The standard InChI is InChI=1S/C12H15ClN6O2/c1-20-12-15-5-8(13)10(18-12)14-4-7-2-3-9(21-7)11-16-6-17-19-11/h5-7,9H,2-4H2,1H3,(H,14,15,18)(H,16,17,19)/t7-,9+/m1/s1. The maximum Gasteiger partial charge on any atom is 0.318 e. The largest absolute Gasteiger partial charge is 0.467 e. The number of hydrogen-bond acceptors (Lipinski definition) is 7. The van der Waals surface area contributed by atoms with Crippen LogP contribution in [0.15, 0.2) is 12.5 Å². The highest BCUT2D eigenvalue weighted by molar-refractivity contribution is 6.32. The van der Waals surface area contributed by atoms with Crippen LogP contribution in [0.5, 0.6) is 6.01 Å². The number of anilines is 1. The van der Waals surface area contributed by atoms with Crippen molar-refractivity contribution in [3.8, 4) is 6.01 Å². The molecule has 0 bridgehead atoms. The van der Waals surface area contributed by atoms with E-state index < -0.39 is 0 Å². The molecule has 1 aliphatic heterocycles. The van der Waals surface area contributed by atoms with Crippen molar-refractivity contribution in [1.82, 2.24) is 25.1 Å². The molecule has 2 aromatic heterocycles. The molecule has 3 rings (SSSR count). The Morgan fingerprint density at radius 2 is 2.38 bits per heavy atom. The van der Waals surface area contributed by atoms with Gasteiger partial charge in [-0.25, -0.2) is 9.97 Å². The zero-order valence-electron chi connectivity index (χ0n) is 11.4. The Morgan fingerprint density at radius 3 is 3.14 bits per heavy atom. The van der Waals surface area contributed by atoms with E-state index in [1.807, 2.05) is 0 Å². The van der Waals surface area contributed by atoms with Gasteiger partial charge in [-0.05, 0) is 12.8 Å². The first-order chi connectivity index (χ1) is 10.3. The number of H-pyrrole nitrogens is 1. The normalized spacial score (nSPS) is 21.4. The van der Waals surface area contributed by atoms with Gasteiger partial charge in [0.05, 0.1) is 19.4 Å². The third-order valence-electron chi connectivity index (χ3n) is 3.25. The topological polar surface area (TPSA) is 97.8 Å². The van der Waals surface area contributed by atoms with E-state index in [1.165, 1.54) is 19.6 Å². The average molecular weight is 311 g/mol. The van der Waals surface area contributed by atoms with Gasteiger partial charge in [-0.3, -0.25) is 5.10 Å². The van der Waals surface area contributed by atoms with Crippen molar-refractivity contribution in [3.05, 3.63) is 23.4 Å². The quantitative estimate of drug-likeness (QED) is 0.865. The Bertz CT molecular complexity index is 593. The minimum Gasteiger partial charge on any atom is -0.467 e. The first kappa shape index (κ1) is 14.0. The predicted molar refractivity (Wildman–Crippen MR) is 75.3 cm³/mol. The number of methoxy groups -OCH3 is 1. The highest BCUT2D eigenvalue weighted by Crippen LogP contribution is 2.31. The fourth-order valence-corrected chi connectivity index (χ4v) is 2.37. The van der Waals surface area contributed by atoms with Crippen LogP contribution >= 0.6 is 11.6 Å². The Labute approximate surface area is 126 Å². The highest BCUT2D eigenvalue weighted by Gasteiger charge is 2.28. The van der Waals surface area contributed by atoms with Crippen LogP contribution in [-0.4, -0.2) is 44.9 Å². The summed E-state index contributed by atoms with van der Waals surface area (Å²) in [5, 5.41) is 10.3. The van der Waals surface area contributed by atoms with Gasteiger partial charge in [0.2, 0.25) is 0 Å². The van der Waals surface area contributed by atoms with E-state index in [0.717, 1.165) is 18.7 Å². The molecule has 0 aliphatic carbocycles. The van der Waals surface area contributed by atoms with Gasteiger partial charge in [-0.2, -0.15) is 10.1 Å². The summed E-state index contributed by atoms with van der Waals surface area (Å²) in [6.45, 7) is 0.602. The van der Waals surface area contributed by atoms with Gasteiger partial charge in [0.25, 0.3) is 0 Å². The SMILES string of the molecule is COc1ncc(Cl)c(NC[C@H]2CC[C@@H](c3ncn[nH]3)O2)n1. The molecular formula is C12H15ClN6O2. The fourth-order valence-electron chi connectivity index (χ4n) is 2.21. The molecule has 1 aliphatic rings. The summed E-state index contributed by atoms with van der Waals surface area (Å²) in [7, 11) is 1.51. The second kappa shape index (κ2) is 6.23. The minimum absolute atomic E-state index is 0.0327. The zero-order valence-corrected chi connectivity index (χ0v) is 12.2. The molecule has 1 fully saturated rings. The second-order valence-corrected chi connectivity index (χ2v) is 5.04. The number of hydrogen-bond donors (Lipinski definition) is 2. The van der Waals surface area contributed by atoms with Crippen molar-refractivity contribution in [1.29, 1.82) is 0 Å². The molecule has 8 nitrogen and oxygen atoms in total. The van der Waals surface area contributed by atoms with Crippen molar-refractivity contribution < 1.29 is 9.47 Å². The van der Waals surface area contributed by atoms with Crippen LogP contribution in [-0.2, 0) is 4.74 Å². The van der Waals surface area contributed by atoms with Gasteiger partial charge in [0.15, 0.2) is 11.6 Å². The van der Waals surface area contributed by atoms with Gasteiger partial charge in [-0.1, -0.05) is 11.6 Å². The smallest absolute Gasteiger partial charge is 0.318 e. The van der Waals surface area contributed by atoms with Crippen LogP contribution in [0.25, 0.3) is 0 Å². The number of halogens is 1. The number of nitrogens with zero attached hydrogens (tertiary/aromatic N) is 4. The molecule has 112 valence electrons. The molecule has 0 radical (unpaired) electrons. The maximum atomic E-state index is 6.04. The lowest BCUT2D eigenvalue weighted by Gasteiger charge is -2.14. The van der Waals surface area contributed by atoms with E-state index in [-0.39, 0.29) is 18.2 Å². The Kier molecular flexibility index (Phi) is 4.16. The summed E-state index contributed by atoms with van der Waals surface area (Å²) in [6.07, 6.45) is 4.85. The van der Waals surface area contributed by atoms with E-state index in [2.05, 4.69) is 30.5 Å². The van der Waals surface area contributed by atoms with Crippen LogP contribution < -0.4 is 10.1 Å². The first-order valence-corrected chi connectivity index (χ1v) is 6.95. The molecule has 0 spiro atoms. The van der Waals surface area contributed by atoms with Crippen molar-refractivity contribution >= 4 is 17.4 Å². The summed E-state index contributed by atoms with van der Waals surface area (Å²) in [6, 6.07) is 0.272. The van der Waals surface area contributed by atoms with Crippen LogP contribution in [0.2, 0.25) is 5.02 Å². The lowest BCUT2D eigenvalue weighted by atomic mass is 10.2. The van der Waals surface area contributed by atoms with Gasteiger partial charge in [-0.15, -0.1) is 0 Å². The maximum absolute atomic E-state index is 6.04. The van der Waals surface area contributed by atoms with Crippen molar-refractivity contribution in [2.75, 3.05) is 19.0 Å². The van der Waals surface area contributed by atoms with E-state index >= 15 is 0 Å². The summed E-state index contributed by atoms with van der Waals surface area (Å²) in [5.41, 5.74) is 0. The predicted octanol–water partition coefficient (Wildman–Crippen LogP) is 1.59. The summed E-state index contributed by atoms with van der Waals surface area (Å²) < 4.78 is 10.9. The molecule has 2 aromatic rings. The third kappa shape index (κ3) is 3.22. The molecule has 3 heterocycles. The van der Waals surface area contributed by atoms with Crippen LogP contribution in [0.4, 0.5) is 5.82 Å². The molecule has 21 heavy (non-hydrogen) atoms. The third-order valence-corrected chi connectivity index (χ3v) is 3.52. The summed E-state index contributed by atoms with van der Waals surface area (Å²) in [5.74, 6) is 1.30. The van der Waals surface area contributed by atoms with Crippen molar-refractivity contribution in [2.45, 2.75) is 25.0 Å². The van der Waals surface area contributed by atoms with Crippen LogP contribution in [0.1, 0.15) is 24.8 Å². The van der Waals surface area contributed by atoms with Crippen molar-refractivity contribution in [2.24, 2.45) is 0 Å². The van der Waals surface area contributed by atoms with E-state index in [0.29, 0.717) is 17.4 Å². The van der Waals surface area contributed by atoms with Crippen molar-refractivity contribution in [3.63, 3.8) is 0 Å². The lowest BCUT2D eigenvalue weighted by Crippen LogP contribution is -2.20. The fraction of sp³-hybridized carbons (Fsp3) is 0.500. The molecule has 9 heteroatoms. The number of ether oxygens (including phenoxy) is 2. The molecule has 1 saturated heterocycles. The molecule has 0 saturated carbocycles. The molecular weight excluding hydrogens is 296 g/mol. The number of aromatic nitrogens is 5. The average Bonchev–Trinajstić information content (AvgIpc) is 3.17. The van der Waals surface area contributed by atoms with E-state index in [9.17, 15) is 0 Å². The van der Waals surface area contributed by atoms with E-state index in [4.69, 9.17) is 21.1 Å². The Morgan fingerprint density at radius 1 is 1.48 bits per heavy atom. The monoisotopic (exact) mass is 310 g/mol. The summed E-state index contributed by atoms with van der Waals surface area (Å²) in [4.78, 5) is 12.2. The molecule has 0 unspecified atom stereocenters. The van der Waals surface area contributed by atoms with Gasteiger partial charge >= 0.3 is 6.01 Å².